The molecular formula is C7H6F4N2O. The Kier molecular flexibility index (Phi) is 2.50. The Bertz CT molecular complexity index is 350. The van der Waals surface area contributed by atoms with Crippen molar-refractivity contribution in [2.24, 2.45) is 0 Å². The van der Waals surface area contributed by atoms with Crippen LogP contribution >= 0.6 is 0 Å². The van der Waals surface area contributed by atoms with Gasteiger partial charge >= 0.3 is 6.36 Å². The average molecular weight is 210 g/mol. The van der Waals surface area contributed by atoms with Crippen LogP contribution in [0.5, 0.6) is 5.75 Å². The number of nitrogens with zero attached hydrogens (tertiary/aromatic N) is 1. The Labute approximate surface area is 76.5 Å². The summed E-state index contributed by atoms with van der Waals surface area (Å²) in [5, 5.41) is 0. The van der Waals surface area contributed by atoms with Crippen molar-refractivity contribution >= 4 is 5.82 Å². The first-order valence-electron chi connectivity index (χ1n) is 3.48. The molecule has 1 heterocycles. The van der Waals surface area contributed by atoms with E-state index in [-0.39, 0.29) is 11.4 Å². The molecule has 3 nitrogen and oxygen atoms in total. The van der Waals surface area contributed by atoms with E-state index in [0.29, 0.717) is 0 Å². The van der Waals surface area contributed by atoms with Crippen LogP contribution in [-0.4, -0.2) is 11.3 Å². The SMILES string of the molecule is Cc1c(OC(F)(F)F)cc(N)nc1F. The van der Waals surface area contributed by atoms with Crippen LogP contribution in [0.25, 0.3) is 0 Å². The molecule has 0 spiro atoms. The van der Waals surface area contributed by atoms with Crippen molar-refractivity contribution in [3.8, 4) is 5.75 Å². The van der Waals surface area contributed by atoms with Gasteiger partial charge < -0.3 is 10.5 Å². The molecular weight excluding hydrogens is 204 g/mol. The molecule has 0 aliphatic carbocycles. The second-order valence-electron chi connectivity index (χ2n) is 2.51. The molecule has 0 fully saturated rings. The molecule has 0 saturated carbocycles. The zero-order valence-electron chi connectivity index (χ0n) is 7.02. The minimum Gasteiger partial charge on any atom is -0.405 e. The lowest BCUT2D eigenvalue weighted by atomic mass is 10.3. The van der Waals surface area contributed by atoms with E-state index in [9.17, 15) is 17.6 Å². The van der Waals surface area contributed by atoms with E-state index in [2.05, 4.69) is 9.72 Å². The summed E-state index contributed by atoms with van der Waals surface area (Å²) in [6, 6.07) is 0.811. The quantitative estimate of drug-likeness (QED) is 0.569. The predicted molar refractivity (Wildman–Crippen MR) is 40.0 cm³/mol. The summed E-state index contributed by atoms with van der Waals surface area (Å²) < 4.78 is 51.6. The highest BCUT2D eigenvalue weighted by molar-refractivity contribution is 5.41. The first-order valence-corrected chi connectivity index (χ1v) is 3.48. The second-order valence-corrected chi connectivity index (χ2v) is 2.51. The van der Waals surface area contributed by atoms with Crippen molar-refractivity contribution in [2.75, 3.05) is 5.73 Å². The smallest absolute Gasteiger partial charge is 0.405 e. The van der Waals surface area contributed by atoms with Gasteiger partial charge in [-0.25, -0.2) is 4.98 Å². The number of pyridine rings is 1. The molecule has 1 aromatic heterocycles. The Morgan fingerprint density at radius 1 is 1.43 bits per heavy atom. The van der Waals surface area contributed by atoms with E-state index in [4.69, 9.17) is 5.73 Å². The standard InChI is InChI=1S/C7H6F4N2O/c1-3-4(14-7(9,10)11)2-5(12)13-6(3)8/h2H,1H3,(H2,12,13). The van der Waals surface area contributed by atoms with E-state index in [1.54, 1.807) is 0 Å². The number of nitrogens with two attached hydrogens (primary N) is 1. The highest BCUT2D eigenvalue weighted by Crippen LogP contribution is 2.28. The molecule has 2 N–H and O–H groups in total. The highest BCUT2D eigenvalue weighted by Gasteiger charge is 2.32. The fourth-order valence-electron chi connectivity index (χ4n) is 0.804. The fraction of sp³-hybridized carbons (Fsp3) is 0.286. The molecule has 0 aliphatic rings. The summed E-state index contributed by atoms with van der Waals surface area (Å²) in [5.74, 6) is -2.13. The van der Waals surface area contributed by atoms with Crippen molar-refractivity contribution in [1.82, 2.24) is 4.98 Å². The third kappa shape index (κ3) is 2.48. The first kappa shape index (κ1) is 10.6. The van der Waals surface area contributed by atoms with Crippen molar-refractivity contribution in [1.29, 1.82) is 0 Å². The largest absolute Gasteiger partial charge is 0.573 e. The van der Waals surface area contributed by atoms with Gasteiger partial charge in [0, 0.05) is 11.6 Å². The van der Waals surface area contributed by atoms with Gasteiger partial charge in [0.25, 0.3) is 0 Å². The molecule has 0 bridgehead atoms. The third-order valence-corrected chi connectivity index (χ3v) is 1.41. The van der Waals surface area contributed by atoms with Crippen molar-refractivity contribution in [3.63, 3.8) is 0 Å². The summed E-state index contributed by atoms with van der Waals surface area (Å²) in [4.78, 5) is 3.13. The van der Waals surface area contributed by atoms with Crippen molar-refractivity contribution < 1.29 is 22.3 Å². The van der Waals surface area contributed by atoms with E-state index in [1.807, 2.05) is 0 Å². The monoisotopic (exact) mass is 210 g/mol. The molecule has 0 aliphatic heterocycles. The topological polar surface area (TPSA) is 48.1 Å². The summed E-state index contributed by atoms with van der Waals surface area (Å²) in [6.45, 7) is 1.11. The van der Waals surface area contributed by atoms with E-state index >= 15 is 0 Å². The Morgan fingerprint density at radius 3 is 2.50 bits per heavy atom. The number of ether oxygens (including phenoxy) is 1. The van der Waals surface area contributed by atoms with Crippen LogP contribution in [0.15, 0.2) is 6.07 Å². The van der Waals surface area contributed by atoms with Gasteiger partial charge in [-0.1, -0.05) is 0 Å². The zero-order chi connectivity index (χ0) is 10.9. The van der Waals surface area contributed by atoms with Gasteiger partial charge in [0.05, 0.1) is 0 Å². The van der Waals surface area contributed by atoms with Crippen LogP contribution in [0.4, 0.5) is 23.4 Å². The molecule has 0 atom stereocenters. The van der Waals surface area contributed by atoms with E-state index in [1.165, 1.54) is 0 Å². The zero-order valence-corrected chi connectivity index (χ0v) is 7.02. The van der Waals surface area contributed by atoms with Gasteiger partial charge in [-0.15, -0.1) is 13.2 Å². The Hall–Kier alpha value is -1.53. The third-order valence-electron chi connectivity index (χ3n) is 1.41. The minimum atomic E-state index is -4.87. The summed E-state index contributed by atoms with van der Waals surface area (Å²) in [7, 11) is 0. The number of aromatic nitrogens is 1. The first-order chi connectivity index (χ1) is 6.29. The number of hydrogen-bond donors (Lipinski definition) is 1. The van der Waals surface area contributed by atoms with Gasteiger partial charge in [-0.05, 0) is 6.92 Å². The highest BCUT2D eigenvalue weighted by atomic mass is 19.4. The second kappa shape index (κ2) is 3.32. The number of anilines is 1. The van der Waals surface area contributed by atoms with Gasteiger partial charge in [0.15, 0.2) is 0 Å². The van der Waals surface area contributed by atoms with Crippen LogP contribution in [0.3, 0.4) is 0 Å². The molecule has 0 aromatic carbocycles. The number of hydrogen-bond acceptors (Lipinski definition) is 3. The molecule has 0 amide bonds. The number of rotatable bonds is 1. The summed E-state index contributed by atoms with van der Waals surface area (Å²) in [6.07, 6.45) is -4.87. The molecule has 14 heavy (non-hydrogen) atoms. The summed E-state index contributed by atoms with van der Waals surface area (Å²) >= 11 is 0. The number of nitrogen functional groups attached to an aromatic ring is 1. The van der Waals surface area contributed by atoms with Gasteiger partial charge in [0.1, 0.15) is 11.6 Å². The predicted octanol–water partition coefficient (Wildman–Crippen LogP) is 2.01. The van der Waals surface area contributed by atoms with Crippen LogP contribution < -0.4 is 10.5 Å². The van der Waals surface area contributed by atoms with Crippen LogP contribution in [0.1, 0.15) is 5.56 Å². The van der Waals surface area contributed by atoms with Crippen molar-refractivity contribution in [2.45, 2.75) is 13.3 Å². The van der Waals surface area contributed by atoms with E-state index in [0.717, 1.165) is 13.0 Å². The molecule has 7 heteroatoms. The average Bonchev–Trinajstić information content (AvgIpc) is 1.96. The number of alkyl halides is 3. The lowest BCUT2D eigenvalue weighted by Crippen LogP contribution is -2.18. The van der Waals surface area contributed by atoms with Crippen molar-refractivity contribution in [3.05, 3.63) is 17.6 Å². The minimum absolute atomic E-state index is 0.337. The Morgan fingerprint density at radius 2 is 2.00 bits per heavy atom. The Balaban J connectivity index is 3.09. The van der Waals surface area contributed by atoms with Gasteiger partial charge in [-0.2, -0.15) is 4.39 Å². The maximum Gasteiger partial charge on any atom is 0.573 e. The lowest BCUT2D eigenvalue weighted by molar-refractivity contribution is -0.274. The lowest BCUT2D eigenvalue weighted by Gasteiger charge is -2.11. The van der Waals surface area contributed by atoms with Gasteiger partial charge in [0.2, 0.25) is 5.95 Å². The molecule has 0 radical (unpaired) electrons. The summed E-state index contributed by atoms with van der Waals surface area (Å²) in [5.41, 5.74) is 4.71. The van der Waals surface area contributed by atoms with E-state index < -0.39 is 18.1 Å². The van der Waals surface area contributed by atoms with Crippen LogP contribution in [0.2, 0.25) is 0 Å². The van der Waals surface area contributed by atoms with Gasteiger partial charge in [-0.3, -0.25) is 0 Å². The molecule has 1 rings (SSSR count). The number of halogens is 4. The maximum absolute atomic E-state index is 12.8. The van der Waals surface area contributed by atoms with Crippen LogP contribution in [-0.2, 0) is 0 Å². The fourth-order valence-corrected chi connectivity index (χ4v) is 0.804. The molecule has 78 valence electrons. The molecule has 1 aromatic rings. The molecule has 0 unspecified atom stereocenters. The molecule has 0 saturated heterocycles. The maximum atomic E-state index is 12.8. The van der Waals surface area contributed by atoms with Crippen LogP contribution in [0, 0.1) is 12.9 Å². The normalized spacial score (nSPS) is 11.5.